The van der Waals surface area contributed by atoms with E-state index in [2.05, 4.69) is 10.3 Å². The van der Waals surface area contributed by atoms with E-state index in [0.29, 0.717) is 13.1 Å². The molecule has 2 rings (SSSR count). The van der Waals surface area contributed by atoms with Gasteiger partial charge in [-0.05, 0) is 24.3 Å². The molecule has 1 unspecified atom stereocenters. The highest BCUT2D eigenvalue weighted by atomic mass is 19.2. The number of nitrogens with zero attached hydrogens (tertiary/aromatic N) is 1. The number of aliphatic hydroxyl groups excluding tert-OH is 1. The van der Waals surface area contributed by atoms with E-state index in [0.717, 1.165) is 17.8 Å². The lowest BCUT2D eigenvalue weighted by atomic mass is 10.3. The van der Waals surface area contributed by atoms with Crippen molar-refractivity contribution in [2.24, 2.45) is 0 Å². The fraction of sp³-hybridized carbons (Fsp3) is 0.267. The second-order valence-corrected chi connectivity index (χ2v) is 4.49. The van der Waals surface area contributed by atoms with Crippen LogP contribution in [0.2, 0.25) is 0 Å². The van der Waals surface area contributed by atoms with E-state index in [4.69, 9.17) is 4.74 Å². The van der Waals surface area contributed by atoms with Crippen LogP contribution in [0.5, 0.6) is 5.75 Å². The Bertz CT molecular complexity index is 567. The van der Waals surface area contributed by atoms with Gasteiger partial charge in [0.15, 0.2) is 11.6 Å². The Morgan fingerprint density at radius 1 is 1.19 bits per heavy atom. The maximum atomic E-state index is 13.0. The standard InChI is InChI=1S/C15H16F2N2O2/c16-14-5-4-13(7-15(14)17)21-10-12(20)9-18-8-11-3-1-2-6-19-11/h1-7,12,18,20H,8-10H2. The molecule has 0 saturated heterocycles. The Kier molecular flexibility index (Phi) is 5.59. The predicted octanol–water partition coefficient (Wildman–Crippen LogP) is 1.89. The van der Waals surface area contributed by atoms with Crippen molar-refractivity contribution in [1.82, 2.24) is 10.3 Å². The normalized spacial score (nSPS) is 12.1. The van der Waals surface area contributed by atoms with Crippen molar-refractivity contribution in [2.45, 2.75) is 12.6 Å². The Hall–Kier alpha value is -2.05. The van der Waals surface area contributed by atoms with Gasteiger partial charge in [0.05, 0.1) is 5.69 Å². The summed E-state index contributed by atoms with van der Waals surface area (Å²) in [5.41, 5.74) is 0.867. The lowest BCUT2D eigenvalue weighted by Crippen LogP contribution is -2.31. The largest absolute Gasteiger partial charge is 0.491 e. The Labute approximate surface area is 121 Å². The van der Waals surface area contributed by atoms with Crippen molar-refractivity contribution in [3.05, 3.63) is 59.9 Å². The minimum Gasteiger partial charge on any atom is -0.491 e. The molecule has 0 fully saturated rings. The van der Waals surface area contributed by atoms with Gasteiger partial charge in [-0.1, -0.05) is 6.07 Å². The molecule has 1 aromatic heterocycles. The van der Waals surface area contributed by atoms with Gasteiger partial charge in [-0.2, -0.15) is 0 Å². The Balaban J connectivity index is 1.69. The summed E-state index contributed by atoms with van der Waals surface area (Å²) in [7, 11) is 0. The topological polar surface area (TPSA) is 54.4 Å². The number of hydrogen-bond donors (Lipinski definition) is 2. The summed E-state index contributed by atoms with van der Waals surface area (Å²) >= 11 is 0. The molecule has 0 aliphatic heterocycles. The van der Waals surface area contributed by atoms with Gasteiger partial charge in [0, 0.05) is 25.4 Å². The molecule has 2 aromatic rings. The van der Waals surface area contributed by atoms with Gasteiger partial charge >= 0.3 is 0 Å². The van der Waals surface area contributed by atoms with Crippen LogP contribution >= 0.6 is 0 Å². The number of rotatable bonds is 7. The van der Waals surface area contributed by atoms with Gasteiger partial charge < -0.3 is 15.2 Å². The summed E-state index contributed by atoms with van der Waals surface area (Å²) in [4.78, 5) is 4.13. The van der Waals surface area contributed by atoms with Crippen LogP contribution in [-0.2, 0) is 6.54 Å². The molecular formula is C15H16F2N2O2. The second kappa shape index (κ2) is 7.66. The van der Waals surface area contributed by atoms with E-state index in [1.54, 1.807) is 6.20 Å². The number of hydrogen-bond acceptors (Lipinski definition) is 4. The van der Waals surface area contributed by atoms with Crippen LogP contribution in [0, 0.1) is 11.6 Å². The molecule has 0 amide bonds. The zero-order chi connectivity index (χ0) is 15.1. The van der Waals surface area contributed by atoms with Crippen molar-refractivity contribution in [3.8, 4) is 5.75 Å². The first-order chi connectivity index (χ1) is 10.1. The molecule has 1 aromatic carbocycles. The monoisotopic (exact) mass is 294 g/mol. The molecule has 21 heavy (non-hydrogen) atoms. The van der Waals surface area contributed by atoms with Gasteiger partial charge in [-0.25, -0.2) is 8.78 Å². The summed E-state index contributed by atoms with van der Waals surface area (Å²) in [5.74, 6) is -1.73. The summed E-state index contributed by atoms with van der Waals surface area (Å²) in [6.07, 6.45) is 0.932. The molecule has 0 bridgehead atoms. The lowest BCUT2D eigenvalue weighted by molar-refractivity contribution is 0.106. The van der Waals surface area contributed by atoms with Crippen LogP contribution in [0.15, 0.2) is 42.6 Å². The maximum absolute atomic E-state index is 13.0. The average Bonchev–Trinajstić information content (AvgIpc) is 2.49. The fourth-order valence-electron chi connectivity index (χ4n) is 1.69. The second-order valence-electron chi connectivity index (χ2n) is 4.49. The summed E-state index contributed by atoms with van der Waals surface area (Å²) in [6.45, 7) is 0.823. The lowest BCUT2D eigenvalue weighted by Gasteiger charge is -2.13. The first kappa shape index (κ1) is 15.3. The molecule has 1 atom stereocenters. The van der Waals surface area contributed by atoms with E-state index < -0.39 is 17.7 Å². The number of pyridine rings is 1. The molecule has 0 aliphatic carbocycles. The zero-order valence-electron chi connectivity index (χ0n) is 11.3. The molecular weight excluding hydrogens is 278 g/mol. The maximum Gasteiger partial charge on any atom is 0.162 e. The highest BCUT2D eigenvalue weighted by Crippen LogP contribution is 2.15. The molecule has 0 radical (unpaired) electrons. The molecule has 1 heterocycles. The minimum atomic E-state index is -0.977. The van der Waals surface area contributed by atoms with Crippen LogP contribution < -0.4 is 10.1 Å². The third-order valence-electron chi connectivity index (χ3n) is 2.75. The molecule has 0 aliphatic rings. The smallest absolute Gasteiger partial charge is 0.162 e. The third kappa shape index (κ3) is 5.09. The predicted molar refractivity (Wildman–Crippen MR) is 73.8 cm³/mol. The fourth-order valence-corrected chi connectivity index (χ4v) is 1.69. The van der Waals surface area contributed by atoms with Gasteiger partial charge in [0.25, 0.3) is 0 Å². The number of aliphatic hydroxyl groups is 1. The third-order valence-corrected chi connectivity index (χ3v) is 2.75. The molecule has 112 valence electrons. The van der Waals surface area contributed by atoms with Gasteiger partial charge in [0.2, 0.25) is 0 Å². The molecule has 4 nitrogen and oxygen atoms in total. The molecule has 2 N–H and O–H groups in total. The first-order valence-electron chi connectivity index (χ1n) is 6.51. The van der Waals surface area contributed by atoms with Crippen LogP contribution in [-0.4, -0.2) is 29.3 Å². The van der Waals surface area contributed by atoms with E-state index in [-0.39, 0.29) is 12.4 Å². The van der Waals surface area contributed by atoms with Crippen molar-refractivity contribution in [1.29, 1.82) is 0 Å². The summed E-state index contributed by atoms with van der Waals surface area (Å²) < 4.78 is 30.9. The highest BCUT2D eigenvalue weighted by molar-refractivity contribution is 5.23. The Morgan fingerprint density at radius 2 is 2.05 bits per heavy atom. The van der Waals surface area contributed by atoms with Crippen molar-refractivity contribution >= 4 is 0 Å². The van der Waals surface area contributed by atoms with Gasteiger partial charge in [0.1, 0.15) is 18.5 Å². The van der Waals surface area contributed by atoms with Gasteiger partial charge in [-0.3, -0.25) is 4.98 Å². The van der Waals surface area contributed by atoms with Crippen LogP contribution in [0.1, 0.15) is 5.69 Å². The van der Waals surface area contributed by atoms with E-state index in [1.165, 1.54) is 6.07 Å². The van der Waals surface area contributed by atoms with Crippen molar-refractivity contribution in [3.63, 3.8) is 0 Å². The molecule has 0 spiro atoms. The SMILES string of the molecule is OC(CNCc1ccccn1)COc1ccc(F)c(F)c1. The van der Waals surface area contributed by atoms with Crippen LogP contribution in [0.25, 0.3) is 0 Å². The zero-order valence-corrected chi connectivity index (χ0v) is 11.3. The first-order valence-corrected chi connectivity index (χ1v) is 6.51. The van der Waals surface area contributed by atoms with E-state index >= 15 is 0 Å². The molecule has 6 heteroatoms. The number of nitrogens with one attached hydrogen (secondary N) is 1. The van der Waals surface area contributed by atoms with E-state index in [9.17, 15) is 13.9 Å². The van der Waals surface area contributed by atoms with Crippen LogP contribution in [0.4, 0.5) is 8.78 Å². The Morgan fingerprint density at radius 3 is 2.76 bits per heavy atom. The van der Waals surface area contributed by atoms with Crippen LogP contribution in [0.3, 0.4) is 0 Å². The highest BCUT2D eigenvalue weighted by Gasteiger charge is 2.07. The molecule has 0 saturated carbocycles. The van der Waals surface area contributed by atoms with Gasteiger partial charge in [-0.15, -0.1) is 0 Å². The summed E-state index contributed by atoms with van der Waals surface area (Å²) in [5, 5.41) is 12.8. The van der Waals surface area contributed by atoms with E-state index in [1.807, 2.05) is 18.2 Å². The quantitative estimate of drug-likeness (QED) is 0.819. The number of aromatic nitrogens is 1. The number of halogens is 2. The number of ether oxygens (including phenoxy) is 1. The average molecular weight is 294 g/mol. The number of benzene rings is 1. The van der Waals surface area contributed by atoms with Crippen molar-refractivity contribution in [2.75, 3.05) is 13.2 Å². The minimum absolute atomic E-state index is 0.0136. The summed E-state index contributed by atoms with van der Waals surface area (Å²) in [6, 6.07) is 8.82. The van der Waals surface area contributed by atoms with Crippen molar-refractivity contribution < 1.29 is 18.6 Å².